The van der Waals surface area contributed by atoms with Gasteiger partial charge < -0.3 is 25.0 Å². The van der Waals surface area contributed by atoms with Gasteiger partial charge in [0.25, 0.3) is 0 Å². The smallest absolute Gasteiger partial charge is 0.319 e. The van der Waals surface area contributed by atoms with Crippen LogP contribution in [0.15, 0.2) is 36.4 Å². The summed E-state index contributed by atoms with van der Waals surface area (Å²) in [5.74, 6) is -0.455. The Kier molecular flexibility index (Phi) is 6.74. The molecule has 0 radical (unpaired) electrons. The van der Waals surface area contributed by atoms with Gasteiger partial charge in [0.05, 0.1) is 13.7 Å². The molecule has 1 saturated carbocycles. The Morgan fingerprint density at radius 2 is 1.97 bits per heavy atom. The first-order valence-corrected chi connectivity index (χ1v) is 11.4. The summed E-state index contributed by atoms with van der Waals surface area (Å²) in [6.45, 7) is 3.51. The third-order valence-corrected chi connectivity index (χ3v) is 7.08. The van der Waals surface area contributed by atoms with Crippen molar-refractivity contribution in [3.63, 3.8) is 0 Å². The van der Waals surface area contributed by atoms with E-state index in [1.54, 1.807) is 7.11 Å². The molecular weight excluding hydrogens is 428 g/mol. The number of hydrogen-bond donors (Lipinski definition) is 2. The van der Waals surface area contributed by atoms with Gasteiger partial charge in [-0.05, 0) is 76.0 Å². The standard InChI is InChI=1S/C25H31F2N3O3/c1-4-33-21-8-5-16(13-22(21)32-3)25-10-9-18(15-23(25)30(2)12-11-25)29-24(31)28-17-6-7-19(26)20(27)14-17/h5-8,13-14,18,23H,4,9-12,15H2,1-3H3,(H2,28,29,31)/t18-,23+,25+/m1/s1. The van der Waals surface area contributed by atoms with Gasteiger partial charge in [0.1, 0.15) is 0 Å². The normalized spacial score (nSPS) is 24.8. The van der Waals surface area contributed by atoms with Crippen molar-refractivity contribution in [2.45, 2.75) is 50.1 Å². The summed E-state index contributed by atoms with van der Waals surface area (Å²) >= 11 is 0. The molecule has 4 rings (SSSR count). The third kappa shape index (κ3) is 4.62. The highest BCUT2D eigenvalue weighted by Gasteiger charge is 2.50. The number of likely N-dealkylation sites (N-methyl/N-ethyl adjacent to an activating group) is 1. The molecule has 178 valence electrons. The zero-order valence-electron chi connectivity index (χ0n) is 19.3. The summed E-state index contributed by atoms with van der Waals surface area (Å²) in [5, 5.41) is 5.62. The van der Waals surface area contributed by atoms with Gasteiger partial charge in [-0.25, -0.2) is 13.6 Å². The number of urea groups is 1. The molecule has 1 saturated heterocycles. The van der Waals surface area contributed by atoms with Crippen LogP contribution in [-0.4, -0.2) is 50.3 Å². The monoisotopic (exact) mass is 459 g/mol. The number of hydrogen-bond acceptors (Lipinski definition) is 4. The summed E-state index contributed by atoms with van der Waals surface area (Å²) in [4.78, 5) is 14.9. The fraction of sp³-hybridized carbons (Fsp3) is 0.480. The number of benzene rings is 2. The average molecular weight is 460 g/mol. The topological polar surface area (TPSA) is 62.8 Å². The van der Waals surface area contributed by atoms with Crippen molar-refractivity contribution in [2.24, 2.45) is 0 Å². The van der Waals surface area contributed by atoms with E-state index in [1.807, 2.05) is 13.0 Å². The molecule has 6 nitrogen and oxygen atoms in total. The first-order chi connectivity index (χ1) is 15.9. The first-order valence-electron chi connectivity index (χ1n) is 11.4. The van der Waals surface area contributed by atoms with Gasteiger partial charge in [-0.2, -0.15) is 0 Å². The van der Waals surface area contributed by atoms with Crippen molar-refractivity contribution in [3.05, 3.63) is 53.6 Å². The van der Waals surface area contributed by atoms with Crippen LogP contribution >= 0.6 is 0 Å². The van der Waals surface area contributed by atoms with E-state index in [0.29, 0.717) is 6.61 Å². The van der Waals surface area contributed by atoms with E-state index in [9.17, 15) is 13.6 Å². The van der Waals surface area contributed by atoms with Crippen LogP contribution in [0.25, 0.3) is 0 Å². The molecule has 2 aromatic rings. The molecule has 0 bridgehead atoms. The van der Waals surface area contributed by atoms with Crippen molar-refractivity contribution in [1.82, 2.24) is 10.2 Å². The molecule has 2 amide bonds. The fourth-order valence-corrected chi connectivity index (χ4v) is 5.43. The molecule has 1 heterocycles. The molecule has 0 aromatic heterocycles. The van der Waals surface area contributed by atoms with Crippen LogP contribution in [0, 0.1) is 11.6 Å². The van der Waals surface area contributed by atoms with Crippen LogP contribution < -0.4 is 20.1 Å². The van der Waals surface area contributed by atoms with Gasteiger partial charge in [0, 0.05) is 29.3 Å². The Morgan fingerprint density at radius 1 is 1.15 bits per heavy atom. The predicted molar refractivity (Wildman–Crippen MR) is 123 cm³/mol. The molecule has 8 heteroatoms. The Hall–Kier alpha value is -2.87. The summed E-state index contributed by atoms with van der Waals surface area (Å²) < 4.78 is 37.8. The number of methoxy groups -OCH3 is 1. The van der Waals surface area contributed by atoms with Gasteiger partial charge >= 0.3 is 6.03 Å². The van der Waals surface area contributed by atoms with Crippen LogP contribution in [-0.2, 0) is 5.41 Å². The number of fused-ring (bicyclic) bond motifs is 1. The molecule has 33 heavy (non-hydrogen) atoms. The second-order valence-corrected chi connectivity index (χ2v) is 8.90. The highest BCUT2D eigenvalue weighted by molar-refractivity contribution is 5.89. The minimum atomic E-state index is -0.992. The maximum Gasteiger partial charge on any atom is 0.319 e. The van der Waals surface area contributed by atoms with Gasteiger partial charge in [-0.15, -0.1) is 0 Å². The Bertz CT molecular complexity index is 1020. The van der Waals surface area contributed by atoms with E-state index >= 15 is 0 Å². The SMILES string of the molecule is CCOc1ccc([C@@]23CC[C@@H](NC(=O)Nc4ccc(F)c(F)c4)C[C@@H]2N(C)CC3)cc1OC. The number of nitrogens with one attached hydrogen (secondary N) is 2. The lowest BCUT2D eigenvalue weighted by Gasteiger charge is -2.45. The van der Waals surface area contributed by atoms with Crippen molar-refractivity contribution in [2.75, 3.05) is 32.6 Å². The number of halogens is 2. The number of amides is 2. The molecule has 1 aliphatic heterocycles. The third-order valence-electron chi connectivity index (χ3n) is 7.08. The number of rotatable bonds is 6. The van der Waals surface area contributed by atoms with E-state index in [0.717, 1.165) is 55.9 Å². The summed E-state index contributed by atoms with van der Waals surface area (Å²) in [6, 6.07) is 9.38. The molecule has 2 fully saturated rings. The maximum absolute atomic E-state index is 13.4. The van der Waals surface area contributed by atoms with Crippen molar-refractivity contribution >= 4 is 11.7 Å². The van der Waals surface area contributed by atoms with Crippen LogP contribution in [0.1, 0.15) is 38.2 Å². The van der Waals surface area contributed by atoms with Crippen LogP contribution in [0.5, 0.6) is 11.5 Å². The largest absolute Gasteiger partial charge is 0.493 e. The maximum atomic E-state index is 13.4. The number of carbonyl (C=O) groups is 1. The van der Waals surface area contributed by atoms with E-state index in [1.165, 1.54) is 11.6 Å². The second-order valence-electron chi connectivity index (χ2n) is 8.90. The quantitative estimate of drug-likeness (QED) is 0.658. The molecule has 0 unspecified atom stereocenters. The van der Waals surface area contributed by atoms with Crippen molar-refractivity contribution in [3.8, 4) is 11.5 Å². The summed E-state index contributed by atoms with van der Waals surface area (Å²) in [6.07, 6.45) is 3.59. The van der Waals surface area contributed by atoms with E-state index in [-0.39, 0.29) is 23.2 Å². The lowest BCUT2D eigenvalue weighted by atomic mass is 9.65. The minimum Gasteiger partial charge on any atom is -0.493 e. The molecule has 2 aromatic carbocycles. The zero-order valence-corrected chi connectivity index (χ0v) is 19.3. The summed E-state index contributed by atoms with van der Waals surface area (Å²) in [7, 11) is 3.78. The molecule has 2 aliphatic rings. The average Bonchev–Trinajstić information content (AvgIpc) is 3.14. The first kappa shape index (κ1) is 23.3. The molecule has 2 N–H and O–H groups in total. The van der Waals surface area contributed by atoms with E-state index < -0.39 is 17.7 Å². The van der Waals surface area contributed by atoms with Crippen molar-refractivity contribution in [1.29, 1.82) is 0 Å². The number of nitrogens with zero attached hydrogens (tertiary/aromatic N) is 1. The number of ether oxygens (including phenoxy) is 2. The molecular formula is C25H31F2N3O3. The van der Waals surface area contributed by atoms with Crippen LogP contribution in [0.3, 0.4) is 0 Å². The molecule has 1 aliphatic carbocycles. The van der Waals surface area contributed by atoms with Crippen molar-refractivity contribution < 1.29 is 23.0 Å². The van der Waals surface area contributed by atoms with Crippen LogP contribution in [0.4, 0.5) is 19.3 Å². The molecule has 3 atom stereocenters. The van der Waals surface area contributed by atoms with E-state index in [2.05, 4.69) is 34.7 Å². The zero-order chi connectivity index (χ0) is 23.6. The van der Waals surface area contributed by atoms with Gasteiger partial charge in [-0.1, -0.05) is 6.07 Å². The highest BCUT2D eigenvalue weighted by Crippen LogP contribution is 2.49. The van der Waals surface area contributed by atoms with E-state index in [4.69, 9.17) is 9.47 Å². The Morgan fingerprint density at radius 3 is 2.70 bits per heavy atom. The Balaban J connectivity index is 1.47. The lowest BCUT2D eigenvalue weighted by Crippen LogP contribution is -2.52. The summed E-state index contributed by atoms with van der Waals surface area (Å²) in [5.41, 5.74) is 1.44. The van der Waals surface area contributed by atoms with Gasteiger partial charge in [-0.3, -0.25) is 0 Å². The minimum absolute atomic E-state index is 0.0124. The highest BCUT2D eigenvalue weighted by atomic mass is 19.2. The number of likely N-dealkylation sites (tertiary alicyclic amines) is 1. The van der Waals surface area contributed by atoms with Gasteiger partial charge in [0.2, 0.25) is 0 Å². The Labute approximate surface area is 193 Å². The lowest BCUT2D eigenvalue weighted by molar-refractivity contribution is 0.156. The molecule has 0 spiro atoms. The second kappa shape index (κ2) is 9.55. The fourth-order valence-electron chi connectivity index (χ4n) is 5.43. The van der Waals surface area contributed by atoms with Crippen LogP contribution in [0.2, 0.25) is 0 Å². The van der Waals surface area contributed by atoms with Gasteiger partial charge in [0.15, 0.2) is 23.1 Å². The predicted octanol–water partition coefficient (Wildman–Crippen LogP) is 4.69. The number of anilines is 1. The number of carbonyl (C=O) groups excluding carboxylic acids is 1.